The number of benzene rings is 2. The van der Waals surface area contributed by atoms with Crippen LogP contribution in [0.3, 0.4) is 0 Å². The second-order valence-corrected chi connectivity index (χ2v) is 8.03. The number of amides is 2. The Labute approximate surface area is 186 Å². The van der Waals surface area contributed by atoms with E-state index in [4.69, 9.17) is 4.74 Å². The first-order chi connectivity index (χ1) is 15.1. The number of hydrogen-bond acceptors (Lipinski definition) is 5. The quantitative estimate of drug-likeness (QED) is 0.559. The molecule has 0 unspecified atom stereocenters. The van der Waals surface area contributed by atoms with Crippen LogP contribution in [0.2, 0.25) is 0 Å². The maximum absolute atomic E-state index is 12.8. The van der Waals surface area contributed by atoms with Crippen molar-refractivity contribution >= 4 is 24.4 Å². The molecule has 3 aromatic rings. The van der Waals surface area contributed by atoms with Crippen LogP contribution >= 0.6 is 12.6 Å². The number of nitrogens with one attached hydrogen (secondary N) is 1. The van der Waals surface area contributed by atoms with E-state index >= 15 is 0 Å². The Balaban J connectivity index is 1.40. The average Bonchev–Trinajstić information content (AvgIpc) is 3.07. The third-order valence-corrected chi connectivity index (χ3v) is 5.61. The minimum atomic E-state index is -0.613. The fourth-order valence-corrected chi connectivity index (χ4v) is 4.00. The topological polar surface area (TPSA) is 71.5 Å². The zero-order valence-electron chi connectivity index (χ0n) is 16.8. The molecule has 1 aliphatic rings. The van der Waals surface area contributed by atoms with Crippen molar-refractivity contribution in [3.8, 4) is 11.5 Å². The van der Waals surface area contributed by atoms with E-state index in [1.54, 1.807) is 17.3 Å². The number of ether oxygens (including phenoxy) is 1. The molecule has 6 nitrogen and oxygen atoms in total. The molecule has 7 heteroatoms. The van der Waals surface area contributed by atoms with Crippen LogP contribution in [0, 0.1) is 0 Å². The summed E-state index contributed by atoms with van der Waals surface area (Å²) in [7, 11) is 0. The molecule has 1 N–H and O–H groups in total. The molecule has 0 aliphatic carbocycles. The molecule has 158 valence electrons. The van der Waals surface area contributed by atoms with E-state index in [-0.39, 0.29) is 23.5 Å². The fraction of sp³-hybridized carbons (Fsp3) is 0.208. The lowest BCUT2D eigenvalue weighted by molar-refractivity contribution is -0.135. The highest BCUT2D eigenvalue weighted by Crippen LogP contribution is 2.27. The Morgan fingerprint density at radius 1 is 1.00 bits per heavy atom. The minimum absolute atomic E-state index is 0.0753. The van der Waals surface area contributed by atoms with Gasteiger partial charge in [-0.05, 0) is 47.5 Å². The van der Waals surface area contributed by atoms with Crippen LogP contribution in [-0.2, 0) is 22.7 Å². The summed E-state index contributed by atoms with van der Waals surface area (Å²) in [5.41, 5.74) is 1.87. The largest absolute Gasteiger partial charge is 0.457 e. The molecule has 0 saturated carbocycles. The summed E-state index contributed by atoms with van der Waals surface area (Å²) in [4.78, 5) is 31.0. The van der Waals surface area contributed by atoms with Gasteiger partial charge in [0.2, 0.25) is 11.8 Å². The summed E-state index contributed by atoms with van der Waals surface area (Å²) in [6.07, 6.45) is 3.60. The number of pyridine rings is 1. The van der Waals surface area contributed by atoms with Gasteiger partial charge >= 0.3 is 0 Å². The van der Waals surface area contributed by atoms with E-state index < -0.39 is 6.04 Å². The van der Waals surface area contributed by atoms with Gasteiger partial charge in [0.1, 0.15) is 17.5 Å². The van der Waals surface area contributed by atoms with Crippen molar-refractivity contribution < 1.29 is 14.3 Å². The summed E-state index contributed by atoms with van der Waals surface area (Å²) in [5, 5.41) is 2.57. The number of carbonyl (C=O) groups is 2. The van der Waals surface area contributed by atoms with E-state index in [1.807, 2.05) is 66.7 Å². The molecule has 4 rings (SSSR count). The van der Waals surface area contributed by atoms with Gasteiger partial charge in [-0.25, -0.2) is 0 Å². The lowest BCUT2D eigenvalue weighted by Crippen LogP contribution is -2.47. The van der Waals surface area contributed by atoms with Gasteiger partial charge in [0.15, 0.2) is 0 Å². The standard InChI is InChI=1S/C24H23N3O3S/c28-22-14-21(31)23(24(29)26-15-17-10-12-25-13-11-17)27(22)16-18-6-8-20(9-7-18)30-19-4-2-1-3-5-19/h1-13,21,23,31H,14-16H2,(H,26,29)/t21-,23-/m0/s1. The van der Waals surface area contributed by atoms with E-state index in [9.17, 15) is 9.59 Å². The molecule has 2 atom stereocenters. The van der Waals surface area contributed by atoms with Crippen LogP contribution in [0.25, 0.3) is 0 Å². The van der Waals surface area contributed by atoms with Gasteiger partial charge in [-0.15, -0.1) is 0 Å². The van der Waals surface area contributed by atoms with Crippen molar-refractivity contribution in [2.45, 2.75) is 30.8 Å². The highest BCUT2D eigenvalue weighted by atomic mass is 32.1. The van der Waals surface area contributed by atoms with E-state index in [2.05, 4.69) is 22.9 Å². The predicted octanol–water partition coefficient (Wildman–Crippen LogP) is 3.59. The third-order valence-electron chi connectivity index (χ3n) is 5.14. The fourth-order valence-electron chi connectivity index (χ4n) is 3.55. The maximum atomic E-state index is 12.8. The number of aromatic nitrogens is 1. The summed E-state index contributed by atoms with van der Waals surface area (Å²) < 4.78 is 5.81. The Morgan fingerprint density at radius 2 is 1.68 bits per heavy atom. The van der Waals surface area contributed by atoms with Crippen molar-refractivity contribution in [1.29, 1.82) is 0 Å². The summed E-state index contributed by atoms with van der Waals surface area (Å²) in [6.45, 7) is 0.723. The van der Waals surface area contributed by atoms with Crippen molar-refractivity contribution in [3.63, 3.8) is 0 Å². The van der Waals surface area contributed by atoms with Crippen molar-refractivity contribution in [2.75, 3.05) is 0 Å². The maximum Gasteiger partial charge on any atom is 0.244 e. The molecule has 0 bridgehead atoms. The number of rotatable bonds is 7. The van der Waals surface area contributed by atoms with Gasteiger partial charge in [0.25, 0.3) is 0 Å². The molecule has 31 heavy (non-hydrogen) atoms. The zero-order valence-corrected chi connectivity index (χ0v) is 17.7. The normalized spacial score (nSPS) is 18.1. The lowest BCUT2D eigenvalue weighted by atomic mass is 10.1. The van der Waals surface area contributed by atoms with E-state index in [0.29, 0.717) is 18.8 Å². The van der Waals surface area contributed by atoms with Crippen LogP contribution in [0.5, 0.6) is 11.5 Å². The number of carbonyl (C=O) groups excluding carboxylic acids is 2. The molecule has 1 saturated heterocycles. The van der Waals surface area contributed by atoms with Crippen LogP contribution in [0.1, 0.15) is 17.5 Å². The second kappa shape index (κ2) is 9.66. The summed E-state index contributed by atoms with van der Waals surface area (Å²) in [5.74, 6) is 1.19. The van der Waals surface area contributed by atoms with Gasteiger partial charge in [-0.2, -0.15) is 12.6 Å². The molecule has 1 fully saturated rings. The third kappa shape index (κ3) is 5.24. The summed E-state index contributed by atoms with van der Waals surface area (Å²) >= 11 is 4.51. The number of likely N-dealkylation sites (tertiary alicyclic amines) is 1. The number of para-hydroxylation sites is 1. The highest BCUT2D eigenvalue weighted by Gasteiger charge is 2.42. The zero-order chi connectivity index (χ0) is 21.6. The Hall–Kier alpha value is -3.32. The molecular formula is C24H23N3O3S. The molecular weight excluding hydrogens is 410 g/mol. The van der Waals surface area contributed by atoms with Crippen LogP contribution in [0.15, 0.2) is 79.1 Å². The molecule has 1 aromatic heterocycles. The van der Waals surface area contributed by atoms with Crippen LogP contribution in [-0.4, -0.2) is 33.0 Å². The minimum Gasteiger partial charge on any atom is -0.457 e. The SMILES string of the molecule is O=C(NCc1ccncc1)[C@@H]1[C@@H](S)CC(=O)N1Cc1ccc(Oc2ccccc2)cc1. The lowest BCUT2D eigenvalue weighted by Gasteiger charge is -2.26. The first-order valence-corrected chi connectivity index (χ1v) is 10.6. The smallest absolute Gasteiger partial charge is 0.244 e. The average molecular weight is 434 g/mol. The summed E-state index contributed by atoms with van der Waals surface area (Å²) in [6, 6.07) is 20.1. The Kier molecular flexibility index (Phi) is 6.52. The van der Waals surface area contributed by atoms with Crippen LogP contribution < -0.4 is 10.1 Å². The highest BCUT2D eigenvalue weighted by molar-refractivity contribution is 7.81. The predicted molar refractivity (Wildman–Crippen MR) is 121 cm³/mol. The van der Waals surface area contributed by atoms with E-state index in [1.165, 1.54) is 0 Å². The van der Waals surface area contributed by atoms with Gasteiger partial charge in [0, 0.05) is 37.2 Å². The van der Waals surface area contributed by atoms with Gasteiger partial charge in [0.05, 0.1) is 0 Å². The monoisotopic (exact) mass is 433 g/mol. The number of hydrogen-bond donors (Lipinski definition) is 2. The van der Waals surface area contributed by atoms with Crippen molar-refractivity contribution in [3.05, 3.63) is 90.3 Å². The molecule has 2 amide bonds. The molecule has 1 aliphatic heterocycles. The Bertz CT molecular complexity index is 1030. The second-order valence-electron chi connectivity index (χ2n) is 7.37. The number of nitrogens with zero attached hydrogens (tertiary/aromatic N) is 2. The first-order valence-electron chi connectivity index (χ1n) is 10.1. The van der Waals surface area contributed by atoms with Crippen molar-refractivity contribution in [2.24, 2.45) is 0 Å². The molecule has 2 heterocycles. The Morgan fingerprint density at radius 3 is 2.39 bits per heavy atom. The van der Waals surface area contributed by atoms with Crippen molar-refractivity contribution in [1.82, 2.24) is 15.2 Å². The number of thiol groups is 1. The van der Waals surface area contributed by atoms with E-state index in [0.717, 1.165) is 16.9 Å². The van der Waals surface area contributed by atoms with Gasteiger partial charge in [-0.3, -0.25) is 14.6 Å². The van der Waals surface area contributed by atoms with Gasteiger partial charge in [-0.1, -0.05) is 30.3 Å². The first kappa shape index (κ1) is 20.9. The van der Waals surface area contributed by atoms with Crippen LogP contribution in [0.4, 0.5) is 0 Å². The molecule has 0 spiro atoms. The molecule has 0 radical (unpaired) electrons. The van der Waals surface area contributed by atoms with Gasteiger partial charge < -0.3 is 15.0 Å². The molecule has 2 aromatic carbocycles.